The van der Waals surface area contributed by atoms with Gasteiger partial charge < -0.3 is 24.1 Å². The molecule has 6 nitrogen and oxygen atoms in total. The average Bonchev–Trinajstić information content (AvgIpc) is 2.82. The van der Waals surface area contributed by atoms with Gasteiger partial charge in [0.25, 0.3) is 0 Å². The second-order valence-corrected chi connectivity index (χ2v) is 8.20. The number of pyridine rings is 1. The number of aromatic nitrogens is 1. The number of methoxy groups -OCH3 is 2. The summed E-state index contributed by atoms with van der Waals surface area (Å²) in [6.45, 7) is 2.56. The summed E-state index contributed by atoms with van der Waals surface area (Å²) in [5.74, 6) is 2.19. The predicted octanol–water partition coefficient (Wildman–Crippen LogP) is 4.87. The highest BCUT2D eigenvalue weighted by Crippen LogP contribution is 2.36. The number of thioether (sulfide) groups is 1. The zero-order chi connectivity index (χ0) is 22.1. The number of hydrogen-bond acceptors (Lipinski definition) is 7. The molecule has 0 bridgehead atoms. The van der Waals surface area contributed by atoms with Gasteiger partial charge in [-0.1, -0.05) is 43.0 Å². The second kappa shape index (κ2) is 11.6. The number of rotatable bonds is 11. The molecule has 0 saturated carbocycles. The quantitative estimate of drug-likeness (QED) is 0.336. The molecular formula is C24H27NO5S. The van der Waals surface area contributed by atoms with Crippen LogP contribution in [0.25, 0.3) is 0 Å². The van der Waals surface area contributed by atoms with Gasteiger partial charge in [-0.2, -0.15) is 0 Å². The zero-order valence-corrected chi connectivity index (χ0v) is 18.7. The van der Waals surface area contributed by atoms with Crippen LogP contribution in [0.4, 0.5) is 0 Å². The Bertz CT molecular complexity index is 933. The Morgan fingerprint density at radius 1 is 0.935 bits per heavy atom. The number of ether oxygens (including phenoxy) is 4. The minimum absolute atomic E-state index is 0.133. The third-order valence-electron chi connectivity index (χ3n) is 4.60. The van der Waals surface area contributed by atoms with Crippen LogP contribution in [0.1, 0.15) is 24.2 Å². The molecule has 3 aromatic rings. The van der Waals surface area contributed by atoms with Crippen molar-refractivity contribution in [2.24, 2.45) is 0 Å². The molecule has 1 heterocycles. The van der Waals surface area contributed by atoms with Crippen LogP contribution >= 0.6 is 11.8 Å². The van der Waals surface area contributed by atoms with Crippen molar-refractivity contribution >= 4 is 11.8 Å². The molecule has 3 rings (SSSR count). The van der Waals surface area contributed by atoms with Crippen molar-refractivity contribution in [2.75, 3.05) is 21.0 Å². The van der Waals surface area contributed by atoms with Gasteiger partial charge in [-0.3, -0.25) is 0 Å². The van der Waals surface area contributed by atoms with E-state index in [9.17, 15) is 5.11 Å². The molecule has 0 saturated heterocycles. The fraction of sp³-hybridized carbons (Fsp3) is 0.292. The van der Waals surface area contributed by atoms with Crippen molar-refractivity contribution in [1.29, 1.82) is 0 Å². The van der Waals surface area contributed by atoms with Gasteiger partial charge in [-0.15, -0.1) is 0 Å². The number of benzene rings is 2. The monoisotopic (exact) mass is 441 g/mol. The third kappa shape index (κ3) is 6.62. The van der Waals surface area contributed by atoms with E-state index >= 15 is 0 Å². The summed E-state index contributed by atoms with van der Waals surface area (Å²) in [7, 11) is 3.21. The van der Waals surface area contributed by atoms with Gasteiger partial charge in [-0.05, 0) is 47.5 Å². The maximum Gasteiger partial charge on any atom is 0.188 e. The molecule has 7 heteroatoms. The number of aliphatic hydroxyl groups is 1. The lowest BCUT2D eigenvalue weighted by molar-refractivity contribution is 0.0486. The van der Waals surface area contributed by atoms with Crippen LogP contribution in [-0.4, -0.2) is 36.4 Å². The van der Waals surface area contributed by atoms with Crippen molar-refractivity contribution in [1.82, 2.24) is 4.98 Å². The first kappa shape index (κ1) is 22.9. The lowest BCUT2D eigenvalue weighted by Crippen LogP contribution is -2.12. The molecule has 2 aromatic carbocycles. The van der Waals surface area contributed by atoms with Crippen molar-refractivity contribution in [2.45, 2.75) is 29.9 Å². The Balaban J connectivity index is 1.57. The van der Waals surface area contributed by atoms with Crippen molar-refractivity contribution in [3.05, 3.63) is 78.0 Å². The molecule has 1 unspecified atom stereocenters. The average molecular weight is 442 g/mol. The fourth-order valence-corrected chi connectivity index (χ4v) is 3.86. The summed E-state index contributed by atoms with van der Waals surface area (Å²) in [6, 6.07) is 18.9. The maximum atomic E-state index is 10.8. The summed E-state index contributed by atoms with van der Waals surface area (Å²) in [5.41, 5.74) is 1.86. The molecule has 0 aliphatic rings. The fourth-order valence-electron chi connectivity index (χ4n) is 2.86. The molecule has 0 fully saturated rings. The Morgan fingerprint density at radius 3 is 2.32 bits per heavy atom. The smallest absolute Gasteiger partial charge is 0.188 e. The van der Waals surface area contributed by atoms with E-state index in [1.165, 1.54) is 11.8 Å². The summed E-state index contributed by atoms with van der Waals surface area (Å²) >= 11 is 1.46. The molecule has 0 radical (unpaired) electrons. The van der Waals surface area contributed by atoms with E-state index in [0.29, 0.717) is 17.4 Å². The molecule has 0 spiro atoms. The summed E-state index contributed by atoms with van der Waals surface area (Å²) < 4.78 is 21.5. The van der Waals surface area contributed by atoms with Crippen LogP contribution in [0.3, 0.4) is 0 Å². The van der Waals surface area contributed by atoms with Gasteiger partial charge in [0, 0.05) is 18.6 Å². The Kier molecular flexibility index (Phi) is 8.58. The number of hydrogen-bond donors (Lipinski definition) is 1. The van der Waals surface area contributed by atoms with Crippen LogP contribution in [0, 0.1) is 0 Å². The minimum Gasteiger partial charge on any atom is -0.497 e. The summed E-state index contributed by atoms with van der Waals surface area (Å²) in [6.07, 6.45) is 1.04. The van der Waals surface area contributed by atoms with E-state index in [1.54, 1.807) is 26.5 Å². The van der Waals surface area contributed by atoms with Crippen LogP contribution < -0.4 is 14.2 Å². The topological polar surface area (TPSA) is 70.0 Å². The van der Waals surface area contributed by atoms with E-state index < -0.39 is 6.10 Å². The molecular weight excluding hydrogens is 414 g/mol. The molecule has 0 amide bonds. The first-order valence-corrected chi connectivity index (χ1v) is 10.8. The van der Waals surface area contributed by atoms with Gasteiger partial charge >= 0.3 is 0 Å². The summed E-state index contributed by atoms with van der Waals surface area (Å²) in [4.78, 5) is 4.37. The second-order valence-electron chi connectivity index (χ2n) is 6.83. The van der Waals surface area contributed by atoms with Gasteiger partial charge in [0.2, 0.25) is 0 Å². The van der Waals surface area contributed by atoms with Gasteiger partial charge in [-0.25, -0.2) is 4.98 Å². The molecule has 31 heavy (non-hydrogen) atoms. The molecule has 0 aliphatic carbocycles. The van der Waals surface area contributed by atoms with E-state index in [0.717, 1.165) is 22.6 Å². The molecule has 2 atom stereocenters. The van der Waals surface area contributed by atoms with E-state index in [-0.39, 0.29) is 12.0 Å². The Morgan fingerprint density at radius 2 is 1.65 bits per heavy atom. The van der Waals surface area contributed by atoms with Crippen molar-refractivity contribution in [3.63, 3.8) is 0 Å². The largest absolute Gasteiger partial charge is 0.497 e. The van der Waals surface area contributed by atoms with Crippen LogP contribution in [0.2, 0.25) is 0 Å². The standard InChI is InChI=1S/C24H27NO5S/c1-17(31-24-22(30-16-27-2)5-4-14-25-24)23(26)19-8-12-21(13-9-19)29-15-18-6-10-20(28-3)11-7-18/h4-14,17,23,26H,15-16H2,1-3H3/t17-,23?/m0/s1. The van der Waals surface area contributed by atoms with Crippen LogP contribution in [0.15, 0.2) is 71.9 Å². The number of nitrogens with zero attached hydrogens (tertiary/aromatic N) is 1. The Hall–Kier alpha value is -2.74. The molecule has 164 valence electrons. The van der Waals surface area contributed by atoms with Gasteiger partial charge in [0.05, 0.1) is 13.2 Å². The van der Waals surface area contributed by atoms with Crippen LogP contribution in [-0.2, 0) is 11.3 Å². The van der Waals surface area contributed by atoms with E-state index in [4.69, 9.17) is 18.9 Å². The lowest BCUT2D eigenvalue weighted by atomic mass is 10.1. The molecule has 1 N–H and O–H groups in total. The summed E-state index contributed by atoms with van der Waals surface area (Å²) in [5, 5.41) is 11.4. The van der Waals surface area contributed by atoms with Gasteiger partial charge in [0.15, 0.2) is 12.5 Å². The first-order valence-electron chi connectivity index (χ1n) is 9.88. The third-order valence-corrected chi connectivity index (χ3v) is 5.76. The predicted molar refractivity (Wildman–Crippen MR) is 121 cm³/mol. The normalized spacial score (nSPS) is 12.8. The van der Waals surface area contributed by atoms with Crippen LogP contribution in [0.5, 0.6) is 17.2 Å². The van der Waals surface area contributed by atoms with E-state index in [1.807, 2.05) is 61.5 Å². The lowest BCUT2D eigenvalue weighted by Gasteiger charge is -2.20. The highest BCUT2D eigenvalue weighted by molar-refractivity contribution is 8.00. The minimum atomic E-state index is -0.669. The van der Waals surface area contributed by atoms with E-state index in [2.05, 4.69) is 4.98 Å². The van der Waals surface area contributed by atoms with Crippen molar-refractivity contribution in [3.8, 4) is 17.2 Å². The van der Waals surface area contributed by atoms with Gasteiger partial charge in [0.1, 0.15) is 23.1 Å². The SMILES string of the molecule is COCOc1cccnc1S[C@@H](C)C(O)c1ccc(OCc2ccc(OC)cc2)cc1. The molecule has 1 aromatic heterocycles. The van der Waals surface area contributed by atoms with Crippen molar-refractivity contribution < 1.29 is 24.1 Å². The highest BCUT2D eigenvalue weighted by Gasteiger charge is 2.20. The maximum absolute atomic E-state index is 10.8. The highest BCUT2D eigenvalue weighted by atomic mass is 32.2. The zero-order valence-electron chi connectivity index (χ0n) is 17.9. The first-order chi connectivity index (χ1) is 15.1. The molecule has 0 aliphatic heterocycles. The number of aliphatic hydroxyl groups excluding tert-OH is 1. The Labute approximate surface area is 187 Å².